The van der Waals surface area contributed by atoms with Crippen LogP contribution in [0.2, 0.25) is 5.02 Å². The van der Waals surface area contributed by atoms with Crippen LogP contribution in [0.4, 0.5) is 0 Å². The molecule has 0 amide bonds. The lowest BCUT2D eigenvalue weighted by atomic mass is 9.58. The molecule has 0 radical (unpaired) electrons. The van der Waals surface area contributed by atoms with Crippen LogP contribution in [-0.4, -0.2) is 12.1 Å². The lowest BCUT2D eigenvalue weighted by molar-refractivity contribution is -0.0769. The zero-order valence-corrected chi connectivity index (χ0v) is 13.0. The van der Waals surface area contributed by atoms with Gasteiger partial charge < -0.3 is 10.5 Å². The van der Waals surface area contributed by atoms with Gasteiger partial charge in [-0.25, -0.2) is 0 Å². The van der Waals surface area contributed by atoms with Crippen molar-refractivity contribution in [2.45, 2.75) is 64.0 Å². The van der Waals surface area contributed by atoms with Crippen LogP contribution in [0.15, 0.2) is 18.2 Å². The van der Waals surface area contributed by atoms with Crippen LogP contribution in [0.25, 0.3) is 0 Å². The lowest BCUT2D eigenvalue weighted by Crippen LogP contribution is -2.63. The van der Waals surface area contributed by atoms with Gasteiger partial charge in [0.2, 0.25) is 0 Å². The Labute approximate surface area is 126 Å². The molecule has 2 saturated carbocycles. The molecule has 1 aromatic carbocycles. The van der Waals surface area contributed by atoms with E-state index in [9.17, 15) is 0 Å². The number of benzene rings is 1. The van der Waals surface area contributed by atoms with Gasteiger partial charge in [0.15, 0.2) is 0 Å². The van der Waals surface area contributed by atoms with E-state index in [0.29, 0.717) is 11.1 Å². The smallest absolute Gasteiger partial charge is 0.138 e. The first-order valence-corrected chi connectivity index (χ1v) is 8.18. The first kappa shape index (κ1) is 14.2. The molecule has 1 aromatic rings. The van der Waals surface area contributed by atoms with E-state index in [1.807, 2.05) is 19.1 Å². The fourth-order valence-electron chi connectivity index (χ4n) is 3.88. The molecule has 2 aliphatic rings. The van der Waals surface area contributed by atoms with Crippen LogP contribution in [0.5, 0.6) is 5.75 Å². The molecule has 0 aromatic heterocycles. The Morgan fingerprint density at radius 3 is 2.50 bits per heavy atom. The predicted octanol–water partition coefficient (Wildman–Crippen LogP) is 4.47. The molecular weight excluding hydrogens is 270 g/mol. The third-order valence-corrected chi connectivity index (χ3v) is 5.53. The van der Waals surface area contributed by atoms with Gasteiger partial charge in [0.1, 0.15) is 11.9 Å². The number of rotatable bonds is 2. The van der Waals surface area contributed by atoms with Crippen LogP contribution in [0.3, 0.4) is 0 Å². The Balaban J connectivity index is 1.76. The molecule has 1 spiro atoms. The van der Waals surface area contributed by atoms with Crippen molar-refractivity contribution < 1.29 is 4.74 Å². The summed E-state index contributed by atoms with van der Waals surface area (Å²) >= 11 is 6.29. The number of hydrogen-bond acceptors (Lipinski definition) is 2. The van der Waals surface area contributed by atoms with E-state index in [2.05, 4.69) is 6.07 Å². The Bertz CT molecular complexity index is 480. The summed E-state index contributed by atoms with van der Waals surface area (Å²) in [6.45, 7) is 2.04. The van der Waals surface area contributed by atoms with Crippen LogP contribution < -0.4 is 10.5 Å². The molecule has 0 bridgehead atoms. The maximum absolute atomic E-state index is 6.35. The average molecular weight is 294 g/mol. The summed E-state index contributed by atoms with van der Waals surface area (Å²) in [5.41, 5.74) is 7.71. The molecule has 0 saturated heterocycles. The van der Waals surface area contributed by atoms with Gasteiger partial charge in [0.05, 0.1) is 5.02 Å². The molecule has 20 heavy (non-hydrogen) atoms. The van der Waals surface area contributed by atoms with E-state index in [-0.39, 0.29) is 11.5 Å². The molecule has 2 atom stereocenters. The van der Waals surface area contributed by atoms with E-state index in [1.54, 1.807) is 0 Å². The van der Waals surface area contributed by atoms with Crippen LogP contribution in [0, 0.1) is 12.3 Å². The number of nitrogens with two attached hydrogens (primary N) is 1. The molecule has 2 unspecified atom stereocenters. The average Bonchev–Trinajstić information content (AvgIpc) is 2.69. The Hall–Kier alpha value is -0.730. The van der Waals surface area contributed by atoms with Gasteiger partial charge in [0, 0.05) is 17.9 Å². The van der Waals surface area contributed by atoms with Crippen molar-refractivity contribution in [2.75, 3.05) is 0 Å². The summed E-state index contributed by atoms with van der Waals surface area (Å²) in [5.74, 6) is 0.817. The lowest BCUT2D eigenvalue weighted by Gasteiger charge is -2.54. The number of hydrogen-bond donors (Lipinski definition) is 1. The van der Waals surface area contributed by atoms with Gasteiger partial charge in [-0.1, -0.05) is 43.4 Å². The van der Waals surface area contributed by atoms with Crippen molar-refractivity contribution in [2.24, 2.45) is 11.1 Å². The third kappa shape index (κ3) is 2.44. The Kier molecular flexibility index (Phi) is 3.96. The normalized spacial score (nSPS) is 28.8. The summed E-state index contributed by atoms with van der Waals surface area (Å²) in [6, 6.07) is 6.32. The standard InChI is InChI=1S/C17H24ClNO/c1-12-6-7-14(13(18)10-12)20-16-11-15(19)17(16)8-4-2-3-5-9-17/h6-7,10,15-16H,2-5,8-9,11,19H2,1H3. The van der Waals surface area contributed by atoms with Gasteiger partial charge in [-0.15, -0.1) is 0 Å². The van der Waals surface area contributed by atoms with Crippen molar-refractivity contribution >= 4 is 11.6 Å². The second-order valence-corrected chi connectivity index (χ2v) is 6.94. The van der Waals surface area contributed by atoms with Gasteiger partial charge in [-0.3, -0.25) is 0 Å². The molecule has 2 fully saturated rings. The SMILES string of the molecule is Cc1ccc(OC2CC(N)C23CCCCCC3)c(Cl)c1. The monoisotopic (exact) mass is 293 g/mol. The Morgan fingerprint density at radius 2 is 1.90 bits per heavy atom. The van der Waals surface area contributed by atoms with Crippen LogP contribution in [-0.2, 0) is 0 Å². The van der Waals surface area contributed by atoms with E-state index in [1.165, 1.54) is 38.5 Å². The Morgan fingerprint density at radius 1 is 1.20 bits per heavy atom. The van der Waals surface area contributed by atoms with Crippen molar-refractivity contribution in [1.82, 2.24) is 0 Å². The minimum absolute atomic E-state index is 0.199. The third-order valence-electron chi connectivity index (χ3n) is 5.24. The molecule has 2 N–H and O–H groups in total. The highest BCUT2D eigenvalue weighted by Crippen LogP contribution is 2.51. The zero-order chi connectivity index (χ0) is 14.2. The van der Waals surface area contributed by atoms with Crippen molar-refractivity contribution in [3.05, 3.63) is 28.8 Å². The minimum atomic E-state index is 0.199. The van der Waals surface area contributed by atoms with Crippen LogP contribution >= 0.6 is 11.6 Å². The number of halogens is 1. The van der Waals surface area contributed by atoms with Crippen molar-refractivity contribution in [1.29, 1.82) is 0 Å². The maximum Gasteiger partial charge on any atom is 0.138 e. The second kappa shape index (κ2) is 5.57. The molecule has 2 nitrogen and oxygen atoms in total. The first-order valence-electron chi connectivity index (χ1n) is 7.80. The molecule has 3 rings (SSSR count). The highest BCUT2D eigenvalue weighted by molar-refractivity contribution is 6.32. The first-order chi connectivity index (χ1) is 9.62. The predicted molar refractivity (Wildman–Crippen MR) is 83.3 cm³/mol. The molecule has 2 aliphatic carbocycles. The summed E-state index contributed by atoms with van der Waals surface area (Å²) < 4.78 is 6.24. The molecule has 3 heteroatoms. The zero-order valence-electron chi connectivity index (χ0n) is 12.2. The quantitative estimate of drug-likeness (QED) is 0.873. The topological polar surface area (TPSA) is 35.2 Å². The summed E-state index contributed by atoms with van der Waals surface area (Å²) in [4.78, 5) is 0. The van der Waals surface area contributed by atoms with Crippen molar-refractivity contribution in [3.63, 3.8) is 0 Å². The largest absolute Gasteiger partial charge is 0.488 e. The van der Waals surface area contributed by atoms with Gasteiger partial charge >= 0.3 is 0 Å². The summed E-state index contributed by atoms with van der Waals surface area (Å²) in [6.07, 6.45) is 8.88. The second-order valence-electron chi connectivity index (χ2n) is 6.53. The molecule has 0 heterocycles. The maximum atomic E-state index is 6.35. The molecular formula is C17H24ClNO. The number of ether oxygens (including phenoxy) is 1. The summed E-state index contributed by atoms with van der Waals surface area (Å²) in [7, 11) is 0. The van der Waals surface area contributed by atoms with Crippen molar-refractivity contribution in [3.8, 4) is 5.75 Å². The highest BCUT2D eigenvalue weighted by atomic mass is 35.5. The molecule has 110 valence electrons. The van der Waals surface area contributed by atoms with E-state index in [4.69, 9.17) is 22.1 Å². The minimum Gasteiger partial charge on any atom is -0.488 e. The van der Waals surface area contributed by atoms with Crippen LogP contribution in [0.1, 0.15) is 50.5 Å². The van der Waals surface area contributed by atoms with E-state index in [0.717, 1.165) is 17.7 Å². The van der Waals surface area contributed by atoms with E-state index < -0.39 is 0 Å². The fraction of sp³-hybridized carbons (Fsp3) is 0.647. The highest BCUT2D eigenvalue weighted by Gasteiger charge is 2.54. The fourth-order valence-corrected chi connectivity index (χ4v) is 4.16. The van der Waals surface area contributed by atoms with Gasteiger partial charge in [-0.2, -0.15) is 0 Å². The van der Waals surface area contributed by atoms with Gasteiger partial charge in [0.25, 0.3) is 0 Å². The van der Waals surface area contributed by atoms with Gasteiger partial charge in [-0.05, 0) is 37.5 Å². The van der Waals surface area contributed by atoms with E-state index >= 15 is 0 Å². The summed E-state index contributed by atoms with van der Waals surface area (Å²) in [5, 5.41) is 0.717. The number of aryl methyl sites for hydroxylation is 1. The molecule has 0 aliphatic heterocycles.